The van der Waals surface area contributed by atoms with Crippen molar-refractivity contribution in [3.05, 3.63) is 54.1 Å². The highest BCUT2D eigenvalue weighted by atomic mass is 16.7. The molecular weight excluding hydrogens is 318 g/mol. The number of rotatable bonds is 4. The maximum absolute atomic E-state index is 12.7. The Morgan fingerprint density at radius 2 is 1.96 bits per heavy atom. The lowest BCUT2D eigenvalue weighted by atomic mass is 9.98. The van der Waals surface area contributed by atoms with Crippen LogP contribution >= 0.6 is 0 Å². The number of ether oxygens (including phenoxy) is 3. The van der Waals surface area contributed by atoms with Gasteiger partial charge in [0.1, 0.15) is 5.75 Å². The summed E-state index contributed by atoms with van der Waals surface area (Å²) >= 11 is 0. The van der Waals surface area contributed by atoms with Crippen LogP contribution in [0.2, 0.25) is 0 Å². The van der Waals surface area contributed by atoms with E-state index in [9.17, 15) is 4.79 Å². The standard InChI is InChI=1S/C20H21NO4/c1-14(25-17-5-3-2-4-6-17)20(22)21-10-9-16(12-21)15-7-8-18-19(11-15)24-13-23-18/h2-8,11,14,16H,9-10,12-13H2,1H3. The predicted octanol–water partition coefficient (Wildman–Crippen LogP) is 3.20. The SMILES string of the molecule is CC(Oc1ccccc1)C(=O)N1CCC(c2ccc3c(c2)OCO3)C1. The van der Waals surface area contributed by atoms with Crippen molar-refractivity contribution >= 4 is 5.91 Å². The molecule has 4 rings (SSSR count). The summed E-state index contributed by atoms with van der Waals surface area (Å²) in [6, 6.07) is 15.5. The van der Waals surface area contributed by atoms with Crippen molar-refractivity contribution in [2.45, 2.75) is 25.4 Å². The molecule has 0 bridgehead atoms. The first kappa shape index (κ1) is 15.8. The van der Waals surface area contributed by atoms with Gasteiger partial charge in [-0.2, -0.15) is 0 Å². The summed E-state index contributed by atoms with van der Waals surface area (Å²) in [4.78, 5) is 14.6. The highest BCUT2D eigenvalue weighted by molar-refractivity contribution is 5.81. The number of likely N-dealkylation sites (tertiary alicyclic amines) is 1. The van der Waals surface area contributed by atoms with Gasteiger partial charge in [0.15, 0.2) is 17.6 Å². The number of para-hydroxylation sites is 1. The number of fused-ring (bicyclic) bond motifs is 1. The van der Waals surface area contributed by atoms with Crippen LogP contribution in [-0.2, 0) is 4.79 Å². The molecule has 5 nitrogen and oxygen atoms in total. The third-order valence-electron chi connectivity index (χ3n) is 4.77. The monoisotopic (exact) mass is 339 g/mol. The van der Waals surface area contributed by atoms with Gasteiger partial charge in [0.2, 0.25) is 6.79 Å². The van der Waals surface area contributed by atoms with E-state index in [4.69, 9.17) is 14.2 Å². The number of carbonyl (C=O) groups excluding carboxylic acids is 1. The fourth-order valence-corrected chi connectivity index (χ4v) is 3.41. The second-order valence-electron chi connectivity index (χ2n) is 6.46. The van der Waals surface area contributed by atoms with Gasteiger partial charge in [-0.05, 0) is 43.2 Å². The molecule has 0 aliphatic carbocycles. The number of nitrogens with zero attached hydrogens (tertiary/aromatic N) is 1. The first-order valence-electron chi connectivity index (χ1n) is 8.61. The number of benzene rings is 2. The largest absolute Gasteiger partial charge is 0.481 e. The van der Waals surface area contributed by atoms with E-state index in [-0.39, 0.29) is 12.7 Å². The number of hydrogen-bond acceptors (Lipinski definition) is 4. The number of carbonyl (C=O) groups is 1. The van der Waals surface area contributed by atoms with E-state index < -0.39 is 6.10 Å². The predicted molar refractivity (Wildman–Crippen MR) is 93.0 cm³/mol. The second kappa shape index (κ2) is 6.67. The van der Waals surface area contributed by atoms with Crippen molar-refractivity contribution in [2.75, 3.05) is 19.9 Å². The second-order valence-corrected chi connectivity index (χ2v) is 6.46. The lowest BCUT2D eigenvalue weighted by molar-refractivity contribution is -0.136. The van der Waals surface area contributed by atoms with Gasteiger partial charge in [0.05, 0.1) is 0 Å². The molecule has 0 spiro atoms. The van der Waals surface area contributed by atoms with Crippen LogP contribution in [0, 0.1) is 0 Å². The fraction of sp³-hybridized carbons (Fsp3) is 0.350. The van der Waals surface area contributed by atoms with Gasteiger partial charge in [-0.1, -0.05) is 24.3 Å². The molecule has 1 fully saturated rings. The summed E-state index contributed by atoms with van der Waals surface area (Å²) in [5.74, 6) is 2.66. The summed E-state index contributed by atoms with van der Waals surface area (Å²) in [6.45, 7) is 3.55. The van der Waals surface area contributed by atoms with E-state index in [2.05, 4.69) is 6.07 Å². The topological polar surface area (TPSA) is 48.0 Å². The molecule has 1 saturated heterocycles. The van der Waals surface area contributed by atoms with E-state index in [0.29, 0.717) is 12.5 Å². The van der Waals surface area contributed by atoms with Gasteiger partial charge in [-0.15, -0.1) is 0 Å². The first-order chi connectivity index (χ1) is 12.2. The summed E-state index contributed by atoms with van der Waals surface area (Å²) in [7, 11) is 0. The minimum Gasteiger partial charge on any atom is -0.481 e. The first-order valence-corrected chi connectivity index (χ1v) is 8.61. The van der Waals surface area contributed by atoms with Crippen molar-refractivity contribution in [1.82, 2.24) is 4.90 Å². The number of hydrogen-bond donors (Lipinski definition) is 0. The molecule has 2 heterocycles. The zero-order chi connectivity index (χ0) is 17.2. The molecular formula is C20H21NO4. The lowest BCUT2D eigenvalue weighted by Crippen LogP contribution is -2.39. The molecule has 5 heteroatoms. The zero-order valence-electron chi connectivity index (χ0n) is 14.2. The van der Waals surface area contributed by atoms with E-state index in [1.807, 2.05) is 54.3 Å². The summed E-state index contributed by atoms with van der Waals surface area (Å²) in [6.07, 6.45) is 0.460. The van der Waals surface area contributed by atoms with Gasteiger partial charge in [-0.25, -0.2) is 0 Å². The smallest absolute Gasteiger partial charge is 0.263 e. The van der Waals surface area contributed by atoms with Crippen LogP contribution in [0.4, 0.5) is 0 Å². The molecule has 2 aliphatic rings. The van der Waals surface area contributed by atoms with Crippen LogP contribution in [0.25, 0.3) is 0 Å². The maximum atomic E-state index is 12.7. The Morgan fingerprint density at radius 1 is 1.16 bits per heavy atom. The van der Waals surface area contributed by atoms with E-state index in [1.54, 1.807) is 0 Å². The van der Waals surface area contributed by atoms with Gasteiger partial charge in [0, 0.05) is 19.0 Å². The normalized spacial score (nSPS) is 19.7. The third-order valence-corrected chi connectivity index (χ3v) is 4.77. The van der Waals surface area contributed by atoms with Crippen molar-refractivity contribution in [2.24, 2.45) is 0 Å². The van der Waals surface area contributed by atoms with E-state index >= 15 is 0 Å². The maximum Gasteiger partial charge on any atom is 0.263 e. The molecule has 0 N–H and O–H groups in total. The zero-order valence-corrected chi connectivity index (χ0v) is 14.2. The van der Waals surface area contributed by atoms with Gasteiger partial charge >= 0.3 is 0 Å². The van der Waals surface area contributed by atoms with Crippen molar-refractivity contribution in [3.63, 3.8) is 0 Å². The summed E-state index contributed by atoms with van der Waals surface area (Å²) in [5.41, 5.74) is 1.19. The van der Waals surface area contributed by atoms with Gasteiger partial charge in [-0.3, -0.25) is 4.79 Å². The Labute approximate surface area is 147 Å². The Bertz CT molecular complexity index is 762. The Hall–Kier alpha value is -2.69. The fourth-order valence-electron chi connectivity index (χ4n) is 3.41. The summed E-state index contributed by atoms with van der Waals surface area (Å²) in [5, 5.41) is 0. The quantitative estimate of drug-likeness (QED) is 0.858. The van der Waals surface area contributed by atoms with Crippen LogP contribution in [-0.4, -0.2) is 36.8 Å². The Kier molecular flexibility index (Phi) is 4.22. The minimum absolute atomic E-state index is 0.0343. The summed E-state index contributed by atoms with van der Waals surface area (Å²) < 4.78 is 16.6. The molecule has 2 aliphatic heterocycles. The molecule has 0 aromatic heterocycles. The third kappa shape index (κ3) is 3.27. The molecule has 2 aromatic carbocycles. The van der Waals surface area contributed by atoms with E-state index in [1.165, 1.54) is 5.56 Å². The van der Waals surface area contributed by atoms with Gasteiger partial charge in [0.25, 0.3) is 5.91 Å². The average molecular weight is 339 g/mol. The molecule has 0 radical (unpaired) electrons. The Balaban J connectivity index is 1.39. The molecule has 1 amide bonds. The average Bonchev–Trinajstić information content (AvgIpc) is 3.30. The van der Waals surface area contributed by atoms with Crippen molar-refractivity contribution in [3.8, 4) is 17.2 Å². The van der Waals surface area contributed by atoms with E-state index in [0.717, 1.165) is 30.2 Å². The van der Waals surface area contributed by atoms with Crippen LogP contribution < -0.4 is 14.2 Å². The molecule has 2 aromatic rings. The minimum atomic E-state index is -0.488. The highest BCUT2D eigenvalue weighted by Gasteiger charge is 2.31. The lowest BCUT2D eigenvalue weighted by Gasteiger charge is -2.22. The highest BCUT2D eigenvalue weighted by Crippen LogP contribution is 2.37. The van der Waals surface area contributed by atoms with Crippen molar-refractivity contribution in [1.29, 1.82) is 0 Å². The molecule has 2 unspecified atom stereocenters. The van der Waals surface area contributed by atoms with Crippen LogP contribution in [0.15, 0.2) is 48.5 Å². The van der Waals surface area contributed by atoms with Gasteiger partial charge < -0.3 is 19.1 Å². The van der Waals surface area contributed by atoms with Crippen LogP contribution in [0.1, 0.15) is 24.8 Å². The van der Waals surface area contributed by atoms with Crippen molar-refractivity contribution < 1.29 is 19.0 Å². The van der Waals surface area contributed by atoms with Crippen LogP contribution in [0.5, 0.6) is 17.2 Å². The molecule has 0 saturated carbocycles. The molecule has 2 atom stereocenters. The number of amides is 1. The molecule has 25 heavy (non-hydrogen) atoms. The Morgan fingerprint density at radius 3 is 2.80 bits per heavy atom. The molecule has 130 valence electrons. The van der Waals surface area contributed by atoms with Crippen LogP contribution in [0.3, 0.4) is 0 Å².